The molecule has 9 nitrogen and oxygen atoms in total. The molecule has 3 rings (SSSR count). The molecule has 0 radical (unpaired) electrons. The molecule has 2 aromatic rings. The van der Waals surface area contributed by atoms with E-state index in [0.29, 0.717) is 11.8 Å². The standard InChI is InChI=1S/C17H20N6O3/c1-26-15-4-2-3-13(11-15)21-7-9-22(10-8-21)17(18)20-16-6-5-14(12-19-16)23(24)25/h2-6,11-12H,7-10H2,1H3,(H2,18,19,20). The Morgan fingerprint density at radius 1 is 1.27 bits per heavy atom. The summed E-state index contributed by atoms with van der Waals surface area (Å²) in [5.41, 5.74) is 7.10. The summed E-state index contributed by atoms with van der Waals surface area (Å²) in [5.74, 6) is 1.54. The van der Waals surface area contributed by atoms with Crippen molar-refractivity contribution < 1.29 is 9.66 Å². The average molecular weight is 356 g/mol. The van der Waals surface area contributed by atoms with Crippen LogP contribution >= 0.6 is 0 Å². The number of nitrogens with zero attached hydrogens (tertiary/aromatic N) is 5. The number of rotatable bonds is 4. The summed E-state index contributed by atoms with van der Waals surface area (Å²) in [6.45, 7) is 3.05. The van der Waals surface area contributed by atoms with Crippen molar-refractivity contribution >= 4 is 23.2 Å². The molecule has 0 atom stereocenters. The second-order valence-corrected chi connectivity index (χ2v) is 5.78. The molecule has 0 spiro atoms. The second kappa shape index (κ2) is 7.68. The van der Waals surface area contributed by atoms with E-state index in [1.807, 2.05) is 23.1 Å². The van der Waals surface area contributed by atoms with Gasteiger partial charge in [-0.2, -0.15) is 4.99 Å². The quantitative estimate of drug-likeness (QED) is 0.385. The Kier molecular flexibility index (Phi) is 5.16. The number of methoxy groups -OCH3 is 1. The van der Waals surface area contributed by atoms with Crippen LogP contribution in [0.3, 0.4) is 0 Å². The van der Waals surface area contributed by atoms with Crippen LogP contribution in [0.4, 0.5) is 17.2 Å². The van der Waals surface area contributed by atoms with Crippen molar-refractivity contribution in [3.8, 4) is 5.75 Å². The zero-order valence-electron chi connectivity index (χ0n) is 14.4. The molecule has 0 amide bonds. The smallest absolute Gasteiger partial charge is 0.287 e. The molecule has 136 valence electrons. The maximum absolute atomic E-state index is 10.7. The minimum Gasteiger partial charge on any atom is -0.497 e. The molecular formula is C17H20N6O3. The number of hydrogen-bond acceptors (Lipinski definition) is 6. The van der Waals surface area contributed by atoms with Crippen molar-refractivity contribution in [3.63, 3.8) is 0 Å². The lowest BCUT2D eigenvalue weighted by Crippen LogP contribution is -2.51. The molecule has 1 aromatic carbocycles. The Balaban J connectivity index is 1.62. The Hall–Kier alpha value is -3.36. The van der Waals surface area contributed by atoms with E-state index in [-0.39, 0.29) is 5.69 Å². The highest BCUT2D eigenvalue weighted by Crippen LogP contribution is 2.22. The van der Waals surface area contributed by atoms with Gasteiger partial charge in [0.15, 0.2) is 11.8 Å². The molecule has 0 saturated carbocycles. The Morgan fingerprint density at radius 2 is 2.04 bits per heavy atom. The van der Waals surface area contributed by atoms with Gasteiger partial charge in [-0.3, -0.25) is 10.1 Å². The summed E-state index contributed by atoms with van der Waals surface area (Å²) in [7, 11) is 1.65. The van der Waals surface area contributed by atoms with E-state index in [2.05, 4.69) is 20.9 Å². The normalized spacial score (nSPS) is 15.0. The highest BCUT2D eigenvalue weighted by Gasteiger charge is 2.19. The van der Waals surface area contributed by atoms with Crippen molar-refractivity contribution in [2.75, 3.05) is 38.2 Å². The number of aliphatic imine (C=N–C) groups is 1. The third kappa shape index (κ3) is 4.00. The van der Waals surface area contributed by atoms with Gasteiger partial charge in [0.1, 0.15) is 11.9 Å². The van der Waals surface area contributed by atoms with Gasteiger partial charge in [0.2, 0.25) is 0 Å². The third-order valence-corrected chi connectivity index (χ3v) is 4.19. The fourth-order valence-electron chi connectivity index (χ4n) is 2.74. The molecule has 1 aliphatic rings. The van der Waals surface area contributed by atoms with Gasteiger partial charge in [-0.25, -0.2) is 4.98 Å². The van der Waals surface area contributed by atoms with Gasteiger partial charge in [-0.05, 0) is 18.2 Å². The number of pyridine rings is 1. The van der Waals surface area contributed by atoms with Crippen LogP contribution in [-0.2, 0) is 0 Å². The van der Waals surface area contributed by atoms with Crippen LogP contribution in [0.1, 0.15) is 0 Å². The SMILES string of the molecule is COc1cccc(N2CCN(C(N)=Nc3ccc([N+](=O)[O-])cn3)CC2)c1. The zero-order chi connectivity index (χ0) is 18.5. The Bertz CT molecular complexity index is 800. The molecule has 9 heteroatoms. The number of nitrogens with two attached hydrogens (primary N) is 1. The van der Waals surface area contributed by atoms with E-state index in [0.717, 1.165) is 37.6 Å². The van der Waals surface area contributed by atoms with Crippen LogP contribution in [0.25, 0.3) is 0 Å². The first-order chi connectivity index (χ1) is 12.6. The average Bonchev–Trinajstić information content (AvgIpc) is 2.68. The highest BCUT2D eigenvalue weighted by molar-refractivity contribution is 5.80. The van der Waals surface area contributed by atoms with Gasteiger partial charge in [0.25, 0.3) is 5.69 Å². The van der Waals surface area contributed by atoms with E-state index >= 15 is 0 Å². The molecule has 0 aliphatic carbocycles. The van der Waals surface area contributed by atoms with Crippen LogP contribution in [0.15, 0.2) is 47.6 Å². The lowest BCUT2D eigenvalue weighted by atomic mass is 10.2. The minimum absolute atomic E-state index is 0.0746. The Labute approximate surface area is 150 Å². The molecule has 0 bridgehead atoms. The number of hydrogen-bond donors (Lipinski definition) is 1. The number of benzene rings is 1. The number of anilines is 1. The zero-order valence-corrected chi connectivity index (χ0v) is 14.4. The molecule has 1 aromatic heterocycles. The first kappa shape index (κ1) is 17.5. The monoisotopic (exact) mass is 356 g/mol. The fraction of sp³-hybridized carbons (Fsp3) is 0.294. The van der Waals surface area contributed by atoms with Crippen LogP contribution in [-0.4, -0.2) is 54.1 Å². The first-order valence-electron chi connectivity index (χ1n) is 8.15. The van der Waals surface area contributed by atoms with Gasteiger partial charge in [0, 0.05) is 44.0 Å². The van der Waals surface area contributed by atoms with Crippen molar-refractivity contribution in [2.45, 2.75) is 0 Å². The number of nitro groups is 1. The van der Waals surface area contributed by atoms with Gasteiger partial charge >= 0.3 is 0 Å². The number of guanidine groups is 1. The predicted molar refractivity (Wildman–Crippen MR) is 99.0 cm³/mol. The van der Waals surface area contributed by atoms with Crippen LogP contribution in [0.2, 0.25) is 0 Å². The summed E-state index contributed by atoms with van der Waals surface area (Å²) in [4.78, 5) is 22.6. The summed E-state index contributed by atoms with van der Waals surface area (Å²) >= 11 is 0. The largest absolute Gasteiger partial charge is 0.497 e. The van der Waals surface area contributed by atoms with Crippen molar-refractivity contribution in [1.29, 1.82) is 0 Å². The fourth-order valence-corrected chi connectivity index (χ4v) is 2.74. The molecule has 2 N–H and O–H groups in total. The first-order valence-corrected chi connectivity index (χ1v) is 8.15. The summed E-state index contributed by atoms with van der Waals surface area (Å²) < 4.78 is 5.27. The van der Waals surface area contributed by atoms with E-state index in [1.165, 1.54) is 18.3 Å². The highest BCUT2D eigenvalue weighted by atomic mass is 16.6. The van der Waals surface area contributed by atoms with Crippen molar-refractivity contribution in [1.82, 2.24) is 9.88 Å². The van der Waals surface area contributed by atoms with Crippen molar-refractivity contribution in [3.05, 3.63) is 52.7 Å². The summed E-state index contributed by atoms with van der Waals surface area (Å²) in [6.07, 6.45) is 1.17. The predicted octanol–water partition coefficient (Wildman–Crippen LogP) is 1.77. The minimum atomic E-state index is -0.498. The number of aromatic nitrogens is 1. The van der Waals surface area contributed by atoms with Gasteiger partial charge in [-0.1, -0.05) is 6.07 Å². The second-order valence-electron chi connectivity index (χ2n) is 5.78. The summed E-state index contributed by atoms with van der Waals surface area (Å²) in [5, 5.41) is 10.7. The molecule has 1 aliphatic heterocycles. The van der Waals surface area contributed by atoms with Gasteiger partial charge in [-0.15, -0.1) is 0 Å². The molecule has 0 unspecified atom stereocenters. The number of ether oxygens (including phenoxy) is 1. The maximum Gasteiger partial charge on any atom is 0.287 e. The number of piperazine rings is 1. The van der Waals surface area contributed by atoms with Crippen LogP contribution < -0.4 is 15.4 Å². The third-order valence-electron chi connectivity index (χ3n) is 4.19. The molecule has 26 heavy (non-hydrogen) atoms. The maximum atomic E-state index is 10.7. The molecule has 1 fully saturated rings. The lowest BCUT2D eigenvalue weighted by Gasteiger charge is -2.36. The van der Waals surface area contributed by atoms with E-state index < -0.39 is 4.92 Å². The topological polar surface area (TPSA) is 110 Å². The Morgan fingerprint density at radius 3 is 2.65 bits per heavy atom. The molecule has 1 saturated heterocycles. The van der Waals surface area contributed by atoms with Crippen LogP contribution in [0, 0.1) is 10.1 Å². The molecule has 2 heterocycles. The van der Waals surface area contributed by atoms with E-state index in [4.69, 9.17) is 10.5 Å². The van der Waals surface area contributed by atoms with Gasteiger partial charge in [0.05, 0.1) is 12.0 Å². The van der Waals surface area contributed by atoms with Crippen LogP contribution in [0.5, 0.6) is 5.75 Å². The van der Waals surface area contributed by atoms with Crippen molar-refractivity contribution in [2.24, 2.45) is 10.7 Å². The van der Waals surface area contributed by atoms with E-state index in [1.54, 1.807) is 7.11 Å². The van der Waals surface area contributed by atoms with Gasteiger partial charge < -0.3 is 20.3 Å². The lowest BCUT2D eigenvalue weighted by molar-refractivity contribution is -0.385. The van der Waals surface area contributed by atoms with E-state index in [9.17, 15) is 10.1 Å². The molecular weight excluding hydrogens is 336 g/mol. The summed E-state index contributed by atoms with van der Waals surface area (Å²) in [6, 6.07) is 10.8.